The summed E-state index contributed by atoms with van der Waals surface area (Å²) in [5.41, 5.74) is 0.0535. The molecule has 2 fully saturated rings. The molecule has 0 atom stereocenters. The van der Waals surface area contributed by atoms with E-state index in [1.54, 1.807) is 6.20 Å². The second-order valence-electron chi connectivity index (χ2n) is 8.06. The summed E-state index contributed by atoms with van der Waals surface area (Å²) in [5, 5.41) is 5.62. The summed E-state index contributed by atoms with van der Waals surface area (Å²) >= 11 is 0. The van der Waals surface area contributed by atoms with Crippen molar-refractivity contribution in [3.63, 3.8) is 0 Å². The van der Waals surface area contributed by atoms with Crippen LogP contribution in [0.2, 0.25) is 0 Å². The van der Waals surface area contributed by atoms with Crippen LogP contribution in [-0.4, -0.2) is 52.9 Å². The Bertz CT molecular complexity index is 752. The van der Waals surface area contributed by atoms with Gasteiger partial charge in [0, 0.05) is 25.8 Å². The SMILES string of the molecule is CCN(CC)c1ccc(CNC(=O)CN2C(=O)NC3(CCC(C)CC3)C2=O)cn1. The Morgan fingerprint density at radius 2 is 1.97 bits per heavy atom. The second-order valence-corrected chi connectivity index (χ2v) is 8.06. The van der Waals surface area contributed by atoms with Crippen LogP contribution < -0.4 is 15.5 Å². The largest absolute Gasteiger partial charge is 0.357 e. The summed E-state index contributed by atoms with van der Waals surface area (Å²) in [7, 11) is 0. The summed E-state index contributed by atoms with van der Waals surface area (Å²) < 4.78 is 0. The molecule has 8 nitrogen and oxygen atoms in total. The molecule has 2 heterocycles. The second kappa shape index (κ2) is 8.80. The summed E-state index contributed by atoms with van der Waals surface area (Å²) in [5.74, 6) is 0.832. The van der Waals surface area contributed by atoms with Crippen LogP contribution in [0.3, 0.4) is 0 Å². The highest BCUT2D eigenvalue weighted by atomic mass is 16.2. The lowest BCUT2D eigenvalue weighted by molar-refractivity contribution is -0.136. The number of hydrogen-bond acceptors (Lipinski definition) is 5. The lowest BCUT2D eigenvalue weighted by Crippen LogP contribution is -2.49. The van der Waals surface area contributed by atoms with Gasteiger partial charge in [0.1, 0.15) is 17.9 Å². The summed E-state index contributed by atoms with van der Waals surface area (Å²) in [4.78, 5) is 45.1. The van der Waals surface area contributed by atoms with Crippen LogP contribution in [0.4, 0.5) is 10.6 Å². The molecule has 29 heavy (non-hydrogen) atoms. The summed E-state index contributed by atoms with van der Waals surface area (Å²) in [6.45, 7) is 8.12. The van der Waals surface area contributed by atoms with Gasteiger partial charge in [0.25, 0.3) is 5.91 Å². The fourth-order valence-corrected chi connectivity index (χ4v) is 4.07. The fraction of sp³-hybridized carbons (Fsp3) is 0.619. The first-order valence-corrected chi connectivity index (χ1v) is 10.5. The first-order chi connectivity index (χ1) is 13.9. The minimum absolute atomic E-state index is 0.257. The normalized spacial score (nSPS) is 24.0. The Balaban J connectivity index is 1.53. The van der Waals surface area contributed by atoms with Crippen molar-refractivity contribution in [2.45, 2.75) is 58.5 Å². The van der Waals surface area contributed by atoms with Crippen molar-refractivity contribution in [1.29, 1.82) is 0 Å². The van der Waals surface area contributed by atoms with Gasteiger partial charge in [0.15, 0.2) is 0 Å². The Hall–Kier alpha value is -2.64. The third-order valence-electron chi connectivity index (χ3n) is 6.06. The number of carbonyl (C=O) groups is 3. The molecule has 2 N–H and O–H groups in total. The minimum atomic E-state index is -0.811. The molecule has 2 aliphatic rings. The van der Waals surface area contributed by atoms with E-state index in [2.05, 4.69) is 41.3 Å². The number of imide groups is 1. The van der Waals surface area contributed by atoms with Crippen LogP contribution in [0, 0.1) is 5.92 Å². The maximum atomic E-state index is 12.8. The molecular formula is C21H31N5O3. The Morgan fingerprint density at radius 1 is 1.28 bits per heavy atom. The quantitative estimate of drug-likeness (QED) is 0.682. The average molecular weight is 402 g/mol. The molecule has 1 aromatic heterocycles. The zero-order chi connectivity index (χ0) is 21.0. The minimum Gasteiger partial charge on any atom is -0.357 e. The number of rotatable bonds is 7. The van der Waals surface area contributed by atoms with Gasteiger partial charge in [0.05, 0.1) is 0 Å². The molecule has 1 aromatic rings. The molecule has 1 saturated carbocycles. The van der Waals surface area contributed by atoms with E-state index in [0.717, 1.165) is 42.2 Å². The molecule has 0 unspecified atom stereocenters. The van der Waals surface area contributed by atoms with Crippen molar-refractivity contribution in [2.24, 2.45) is 5.92 Å². The number of urea groups is 1. The number of amides is 4. The first-order valence-electron chi connectivity index (χ1n) is 10.5. The molecule has 0 bridgehead atoms. The van der Waals surface area contributed by atoms with Crippen LogP contribution in [0.5, 0.6) is 0 Å². The maximum absolute atomic E-state index is 12.8. The van der Waals surface area contributed by atoms with E-state index in [-0.39, 0.29) is 18.4 Å². The predicted molar refractivity (Wildman–Crippen MR) is 110 cm³/mol. The average Bonchev–Trinajstić information content (AvgIpc) is 2.95. The van der Waals surface area contributed by atoms with E-state index in [9.17, 15) is 14.4 Å². The number of pyridine rings is 1. The third kappa shape index (κ3) is 4.52. The molecule has 158 valence electrons. The molecule has 1 saturated heterocycles. The zero-order valence-corrected chi connectivity index (χ0v) is 17.5. The van der Waals surface area contributed by atoms with Gasteiger partial charge in [-0.15, -0.1) is 0 Å². The van der Waals surface area contributed by atoms with Crippen molar-refractivity contribution < 1.29 is 14.4 Å². The van der Waals surface area contributed by atoms with E-state index in [1.807, 2.05) is 12.1 Å². The van der Waals surface area contributed by atoms with E-state index >= 15 is 0 Å². The lowest BCUT2D eigenvalue weighted by Gasteiger charge is -2.33. The van der Waals surface area contributed by atoms with Crippen LogP contribution in [0.25, 0.3) is 0 Å². The molecule has 1 aliphatic heterocycles. The van der Waals surface area contributed by atoms with Crippen LogP contribution >= 0.6 is 0 Å². The van der Waals surface area contributed by atoms with Gasteiger partial charge in [-0.1, -0.05) is 13.0 Å². The number of aromatic nitrogens is 1. The highest BCUT2D eigenvalue weighted by Crippen LogP contribution is 2.36. The van der Waals surface area contributed by atoms with Gasteiger partial charge >= 0.3 is 6.03 Å². The summed E-state index contributed by atoms with van der Waals surface area (Å²) in [6, 6.07) is 3.39. The zero-order valence-electron chi connectivity index (χ0n) is 17.5. The Kier molecular flexibility index (Phi) is 6.39. The Labute approximate surface area is 172 Å². The molecule has 3 rings (SSSR count). The first kappa shape index (κ1) is 21.1. The smallest absolute Gasteiger partial charge is 0.325 e. The number of carbonyl (C=O) groups excluding carboxylic acids is 3. The van der Waals surface area contributed by atoms with Gasteiger partial charge in [-0.25, -0.2) is 9.78 Å². The number of nitrogens with zero attached hydrogens (tertiary/aromatic N) is 3. The van der Waals surface area contributed by atoms with E-state index < -0.39 is 11.6 Å². The van der Waals surface area contributed by atoms with E-state index in [0.29, 0.717) is 25.3 Å². The van der Waals surface area contributed by atoms with Gasteiger partial charge in [-0.3, -0.25) is 14.5 Å². The topological polar surface area (TPSA) is 94.6 Å². The van der Waals surface area contributed by atoms with Crippen LogP contribution in [0.15, 0.2) is 18.3 Å². The van der Waals surface area contributed by atoms with Gasteiger partial charge < -0.3 is 15.5 Å². The number of hydrogen-bond donors (Lipinski definition) is 2. The van der Waals surface area contributed by atoms with Crippen molar-refractivity contribution >= 4 is 23.7 Å². The number of anilines is 1. The lowest BCUT2D eigenvalue weighted by atomic mass is 9.77. The predicted octanol–water partition coefficient (Wildman–Crippen LogP) is 2.04. The maximum Gasteiger partial charge on any atom is 0.325 e. The summed E-state index contributed by atoms with van der Waals surface area (Å²) in [6.07, 6.45) is 4.83. The Morgan fingerprint density at radius 3 is 2.55 bits per heavy atom. The van der Waals surface area contributed by atoms with E-state index in [1.165, 1.54) is 0 Å². The highest BCUT2D eigenvalue weighted by Gasteiger charge is 2.52. The molecule has 4 amide bonds. The molecule has 0 aromatic carbocycles. The molecule has 0 radical (unpaired) electrons. The fourth-order valence-electron chi connectivity index (χ4n) is 4.07. The van der Waals surface area contributed by atoms with Gasteiger partial charge in [-0.05, 0) is 57.1 Å². The van der Waals surface area contributed by atoms with Crippen molar-refractivity contribution in [1.82, 2.24) is 20.5 Å². The number of nitrogens with one attached hydrogen (secondary N) is 2. The van der Waals surface area contributed by atoms with Crippen molar-refractivity contribution in [3.05, 3.63) is 23.9 Å². The van der Waals surface area contributed by atoms with Crippen LogP contribution in [0.1, 0.15) is 52.0 Å². The van der Waals surface area contributed by atoms with Crippen molar-refractivity contribution in [2.75, 3.05) is 24.5 Å². The third-order valence-corrected chi connectivity index (χ3v) is 6.06. The molecular weight excluding hydrogens is 370 g/mol. The molecule has 1 spiro atoms. The monoisotopic (exact) mass is 401 g/mol. The van der Waals surface area contributed by atoms with Gasteiger partial charge in [-0.2, -0.15) is 0 Å². The van der Waals surface area contributed by atoms with Gasteiger partial charge in [0.2, 0.25) is 5.91 Å². The van der Waals surface area contributed by atoms with Crippen molar-refractivity contribution in [3.8, 4) is 0 Å². The van der Waals surface area contributed by atoms with E-state index in [4.69, 9.17) is 0 Å². The standard InChI is InChI=1S/C21H31N5O3/c1-4-25(5-2)17-7-6-16(12-22-17)13-23-18(27)14-26-19(28)21(24-20(26)29)10-8-15(3)9-11-21/h6-7,12,15H,4-5,8-11,13-14H2,1-3H3,(H,23,27)(H,24,29). The highest BCUT2D eigenvalue weighted by molar-refractivity contribution is 6.09. The van der Waals surface area contributed by atoms with Crippen LogP contribution in [-0.2, 0) is 16.1 Å². The molecule has 8 heteroatoms. The molecule has 1 aliphatic carbocycles.